The van der Waals surface area contributed by atoms with Crippen molar-refractivity contribution in [3.63, 3.8) is 0 Å². The number of rotatable bonds is 14. The van der Waals surface area contributed by atoms with Crippen LogP contribution >= 0.6 is 0 Å². The highest BCUT2D eigenvalue weighted by atomic mass is 16.3. The molecule has 396 valence electrons. The van der Waals surface area contributed by atoms with Gasteiger partial charge in [0.1, 0.15) is 5.58 Å². The zero-order valence-electron chi connectivity index (χ0n) is 48.6. The van der Waals surface area contributed by atoms with Crippen LogP contribution in [0.5, 0.6) is 0 Å². The van der Waals surface area contributed by atoms with Gasteiger partial charge in [0.15, 0.2) is 5.58 Å². The van der Waals surface area contributed by atoms with Crippen molar-refractivity contribution < 1.29 is 4.42 Å². The molecular weight excluding hydrogens is 958 g/mol. The van der Waals surface area contributed by atoms with E-state index in [2.05, 4.69) is 292 Å². The fourth-order valence-electron chi connectivity index (χ4n) is 12.3. The van der Waals surface area contributed by atoms with E-state index in [0.717, 1.165) is 87.2 Å². The predicted molar refractivity (Wildman–Crippen MR) is 341 cm³/mol. The normalized spacial score (nSPS) is 13.4. The molecule has 79 heavy (non-hydrogen) atoms. The summed E-state index contributed by atoms with van der Waals surface area (Å²) in [6, 6.07) is 73.6. The second kappa shape index (κ2) is 19.6. The first-order chi connectivity index (χ1) is 38.0. The third kappa shape index (κ3) is 8.67. The molecule has 0 spiro atoms. The van der Waals surface area contributed by atoms with Gasteiger partial charge in [0.25, 0.3) is 6.71 Å². The molecule has 0 unspecified atom stereocenters. The van der Waals surface area contributed by atoms with Crippen molar-refractivity contribution in [2.24, 2.45) is 0 Å². The van der Waals surface area contributed by atoms with E-state index in [9.17, 15) is 0 Å². The van der Waals surface area contributed by atoms with Crippen molar-refractivity contribution in [2.45, 2.75) is 130 Å². The Bertz CT molecular complexity index is 3750. The Kier molecular flexibility index (Phi) is 12.9. The van der Waals surface area contributed by atoms with Crippen LogP contribution < -0.4 is 31.1 Å². The topological polar surface area (TPSA) is 22.9 Å². The van der Waals surface area contributed by atoms with Crippen molar-refractivity contribution in [3.05, 3.63) is 216 Å². The summed E-state index contributed by atoms with van der Waals surface area (Å²) in [6.45, 7) is 28.2. The van der Waals surface area contributed by atoms with Gasteiger partial charge in [0, 0.05) is 56.1 Å². The van der Waals surface area contributed by atoms with E-state index in [1.54, 1.807) is 0 Å². The fraction of sp³-hybridized carbons (Fsp3) is 0.270. The third-order valence-electron chi connectivity index (χ3n) is 19.1. The lowest BCUT2D eigenvalue weighted by Crippen LogP contribution is -2.61. The van der Waals surface area contributed by atoms with Crippen molar-refractivity contribution in [3.8, 4) is 11.1 Å². The van der Waals surface area contributed by atoms with Crippen molar-refractivity contribution in [1.82, 2.24) is 0 Å². The summed E-state index contributed by atoms with van der Waals surface area (Å²) in [5.41, 5.74) is 23.5. The third-order valence-corrected chi connectivity index (χ3v) is 19.1. The van der Waals surface area contributed by atoms with Crippen molar-refractivity contribution >= 4 is 96.2 Å². The Morgan fingerprint density at radius 2 is 0.823 bits per heavy atom. The molecule has 9 aromatic carbocycles. The molecule has 0 saturated heterocycles. The number of furan rings is 1. The molecule has 2 aliphatic heterocycles. The van der Waals surface area contributed by atoms with Crippen molar-refractivity contribution in [2.75, 3.05) is 14.7 Å². The van der Waals surface area contributed by atoms with Crippen LogP contribution in [-0.4, -0.2) is 6.71 Å². The van der Waals surface area contributed by atoms with E-state index in [0.29, 0.717) is 0 Å². The number of nitrogens with zero attached hydrogens (tertiary/aromatic N) is 3. The maximum absolute atomic E-state index is 7.29. The smallest absolute Gasteiger partial charge is 0.252 e. The first-order valence-electron chi connectivity index (χ1n) is 29.1. The van der Waals surface area contributed by atoms with Crippen LogP contribution in [0.3, 0.4) is 0 Å². The summed E-state index contributed by atoms with van der Waals surface area (Å²) in [5, 5.41) is 2.18. The Hall–Kier alpha value is -7.76. The van der Waals surface area contributed by atoms with Gasteiger partial charge in [-0.05, 0) is 158 Å². The van der Waals surface area contributed by atoms with Crippen LogP contribution in [0.1, 0.15) is 131 Å². The summed E-state index contributed by atoms with van der Waals surface area (Å²) in [5.74, 6) is 0. The molecule has 4 nitrogen and oxygen atoms in total. The monoisotopic (exact) mass is 1030 g/mol. The van der Waals surface area contributed by atoms with E-state index >= 15 is 0 Å². The predicted octanol–water partition coefficient (Wildman–Crippen LogP) is 19.6. The second-order valence-corrected chi connectivity index (χ2v) is 25.1. The van der Waals surface area contributed by atoms with Crippen LogP contribution in [0.2, 0.25) is 0 Å². The zero-order valence-corrected chi connectivity index (χ0v) is 48.6. The first-order valence-corrected chi connectivity index (χ1v) is 29.1. The molecule has 5 heteroatoms. The summed E-state index contributed by atoms with van der Waals surface area (Å²) in [7, 11) is 0. The molecule has 0 atom stereocenters. The van der Waals surface area contributed by atoms with E-state index in [1.165, 1.54) is 61.4 Å². The molecule has 3 heterocycles. The van der Waals surface area contributed by atoms with Gasteiger partial charge in [0.2, 0.25) is 0 Å². The minimum absolute atomic E-state index is 0.0283. The summed E-state index contributed by atoms with van der Waals surface area (Å²) < 4.78 is 7.29. The molecule has 0 aliphatic carbocycles. The number of benzene rings is 9. The molecule has 0 fully saturated rings. The number of anilines is 9. The average molecular weight is 1030 g/mol. The average Bonchev–Trinajstić information content (AvgIpc) is 3.99. The van der Waals surface area contributed by atoms with Crippen molar-refractivity contribution in [1.29, 1.82) is 0 Å². The fourth-order valence-corrected chi connectivity index (χ4v) is 12.3. The van der Waals surface area contributed by atoms with Crippen LogP contribution in [0, 0.1) is 0 Å². The van der Waals surface area contributed by atoms with Gasteiger partial charge in [0.05, 0.1) is 11.4 Å². The quantitative estimate of drug-likeness (QED) is 0.101. The summed E-state index contributed by atoms with van der Waals surface area (Å²) in [6.07, 6.45) is 4.17. The Labute approximate surface area is 470 Å². The van der Waals surface area contributed by atoms with E-state index in [-0.39, 0.29) is 28.4 Å². The van der Waals surface area contributed by atoms with Gasteiger partial charge >= 0.3 is 0 Å². The largest absolute Gasteiger partial charge is 0.453 e. The van der Waals surface area contributed by atoms with Gasteiger partial charge in [-0.25, -0.2) is 0 Å². The Morgan fingerprint density at radius 1 is 0.392 bits per heavy atom. The van der Waals surface area contributed by atoms with Gasteiger partial charge < -0.3 is 19.1 Å². The Balaban J connectivity index is 1.21. The second-order valence-electron chi connectivity index (χ2n) is 25.1. The lowest BCUT2D eigenvalue weighted by atomic mass is 9.33. The van der Waals surface area contributed by atoms with Gasteiger partial charge in [-0.3, -0.25) is 0 Å². The van der Waals surface area contributed by atoms with E-state index < -0.39 is 0 Å². The lowest BCUT2D eigenvalue weighted by molar-refractivity contribution is 0.506. The lowest BCUT2D eigenvalue weighted by Gasteiger charge is -2.46. The number of para-hydroxylation sites is 3. The summed E-state index contributed by atoms with van der Waals surface area (Å²) >= 11 is 0. The van der Waals surface area contributed by atoms with Crippen LogP contribution in [0.15, 0.2) is 199 Å². The maximum atomic E-state index is 7.29. The molecule has 2 aliphatic rings. The molecule has 12 rings (SSSR count). The molecule has 0 bridgehead atoms. The van der Waals surface area contributed by atoms with Gasteiger partial charge in [-0.15, -0.1) is 0 Å². The van der Waals surface area contributed by atoms with Gasteiger partial charge in [-0.2, -0.15) is 0 Å². The van der Waals surface area contributed by atoms with Gasteiger partial charge in [-0.1, -0.05) is 210 Å². The van der Waals surface area contributed by atoms with Crippen LogP contribution in [-0.2, 0) is 21.7 Å². The highest BCUT2D eigenvalue weighted by Gasteiger charge is 2.45. The standard InChI is InChI=1S/C74H76BN3O/c1-13-71(5,6)50-33-39-55(40-34-50)77-63-43-37-52(73(9,10)15-3)45-61(63)75-62-46-53(74(11,12)16-4)38-44-64(62)78(56-41-35-51(36-42-56)72(7,8)14-2)67-48-57(47-66(77)68(67)75)76(54-27-21-18-22-28-54)65-32-24-31-60-59-30-23-29-58(69(59)79-70(60)65)49-25-19-17-20-26-49/h17-48H,13-16H2,1-12H3. The molecule has 0 N–H and O–H groups in total. The molecule has 10 aromatic rings. The zero-order chi connectivity index (χ0) is 55.2. The molecule has 0 radical (unpaired) electrons. The minimum atomic E-state index is -0.0613. The first kappa shape index (κ1) is 52.0. The summed E-state index contributed by atoms with van der Waals surface area (Å²) in [4.78, 5) is 7.62. The van der Waals surface area contributed by atoms with E-state index in [1.807, 2.05) is 0 Å². The number of fused-ring (bicyclic) bond motifs is 7. The van der Waals surface area contributed by atoms with E-state index in [4.69, 9.17) is 4.42 Å². The highest BCUT2D eigenvalue weighted by molar-refractivity contribution is 7.00. The molecular formula is C74H76BN3O. The maximum Gasteiger partial charge on any atom is 0.252 e. The highest BCUT2D eigenvalue weighted by Crippen LogP contribution is 2.51. The minimum Gasteiger partial charge on any atom is -0.453 e. The molecule has 0 amide bonds. The van der Waals surface area contributed by atoms with Crippen LogP contribution in [0.25, 0.3) is 33.1 Å². The number of hydrogen-bond donors (Lipinski definition) is 0. The molecule has 0 saturated carbocycles. The van der Waals surface area contributed by atoms with Crippen LogP contribution in [0.4, 0.5) is 51.2 Å². The Morgan fingerprint density at radius 3 is 1.30 bits per heavy atom. The number of hydrogen-bond acceptors (Lipinski definition) is 4. The molecule has 1 aromatic heterocycles. The SMILES string of the molecule is CCC(C)(C)c1ccc(N2c3ccc(C(C)(C)CC)cc3B3c4cc(C(C)(C)CC)ccc4N(c4ccc(C(C)(C)CC)cc4)c4cc(N(c5ccccc5)c5cccc6c5oc5c(-c7ccccc7)cccc56)cc2c43)cc1.